The number of primary amides is 1. The number of rotatable bonds is 7. The second-order valence-electron chi connectivity index (χ2n) is 8.34. The summed E-state index contributed by atoms with van der Waals surface area (Å²) in [7, 11) is 0. The number of hydrogen-bond donors (Lipinski definition) is 3. The van der Waals surface area contributed by atoms with Crippen LogP contribution in [-0.2, 0) is 6.54 Å². The summed E-state index contributed by atoms with van der Waals surface area (Å²) < 4.78 is 5.99. The van der Waals surface area contributed by atoms with Gasteiger partial charge >= 0.3 is 6.03 Å². The summed E-state index contributed by atoms with van der Waals surface area (Å²) >= 11 is 0. The number of hydrogen-bond acceptors (Lipinski definition) is 4. The summed E-state index contributed by atoms with van der Waals surface area (Å²) in [5.74, 6) is -0.199. The molecule has 0 bridgehead atoms. The van der Waals surface area contributed by atoms with E-state index in [2.05, 4.69) is 10.6 Å². The minimum atomic E-state index is -0.688. The van der Waals surface area contributed by atoms with E-state index in [1.54, 1.807) is 4.90 Å². The van der Waals surface area contributed by atoms with Gasteiger partial charge in [0.15, 0.2) is 0 Å². The Morgan fingerprint density at radius 1 is 0.914 bits per heavy atom. The highest BCUT2D eigenvalue weighted by atomic mass is 16.5. The largest absolute Gasteiger partial charge is 0.490 e. The van der Waals surface area contributed by atoms with Crippen LogP contribution in [0.4, 0.5) is 10.5 Å². The van der Waals surface area contributed by atoms with Crippen molar-refractivity contribution in [3.05, 3.63) is 95.6 Å². The molecule has 0 aromatic heterocycles. The maximum Gasteiger partial charge on any atom is 0.321 e. The predicted octanol–water partition coefficient (Wildman–Crippen LogP) is 3.79. The molecule has 8 heteroatoms. The Labute approximate surface area is 204 Å². The maximum atomic E-state index is 12.9. The van der Waals surface area contributed by atoms with E-state index in [1.165, 1.54) is 18.2 Å². The van der Waals surface area contributed by atoms with Gasteiger partial charge in [-0.1, -0.05) is 48.5 Å². The van der Waals surface area contributed by atoms with Crippen molar-refractivity contribution in [2.45, 2.75) is 25.5 Å². The van der Waals surface area contributed by atoms with Gasteiger partial charge in [0.05, 0.1) is 11.3 Å². The molecule has 1 fully saturated rings. The molecule has 0 atom stereocenters. The molecule has 0 radical (unpaired) electrons. The maximum absolute atomic E-state index is 12.9. The first kappa shape index (κ1) is 23.8. The lowest BCUT2D eigenvalue weighted by Crippen LogP contribution is -2.44. The highest BCUT2D eigenvalue weighted by Gasteiger charge is 2.25. The van der Waals surface area contributed by atoms with Gasteiger partial charge in [-0.05, 0) is 35.9 Å². The predicted molar refractivity (Wildman–Crippen MR) is 133 cm³/mol. The van der Waals surface area contributed by atoms with Gasteiger partial charge in [0, 0.05) is 38.0 Å². The lowest BCUT2D eigenvalue weighted by Gasteiger charge is -2.32. The summed E-state index contributed by atoms with van der Waals surface area (Å²) in [6, 6.07) is 23.2. The van der Waals surface area contributed by atoms with Crippen LogP contribution < -0.4 is 21.1 Å². The van der Waals surface area contributed by atoms with Crippen LogP contribution in [0.15, 0.2) is 78.9 Å². The third-order valence-electron chi connectivity index (χ3n) is 5.86. The van der Waals surface area contributed by atoms with E-state index in [1.807, 2.05) is 60.7 Å². The third-order valence-corrected chi connectivity index (χ3v) is 5.86. The van der Waals surface area contributed by atoms with E-state index < -0.39 is 5.91 Å². The number of ether oxygens (including phenoxy) is 1. The molecule has 8 nitrogen and oxygen atoms in total. The van der Waals surface area contributed by atoms with Crippen LogP contribution in [-0.4, -0.2) is 41.9 Å². The minimum absolute atomic E-state index is 0.0271. The molecule has 0 unspecified atom stereocenters. The number of carbonyl (C=O) groups is 3. The molecule has 3 aromatic rings. The van der Waals surface area contributed by atoms with Gasteiger partial charge < -0.3 is 26.0 Å². The highest BCUT2D eigenvalue weighted by molar-refractivity contribution is 6.05. The number of piperidine rings is 1. The zero-order valence-corrected chi connectivity index (χ0v) is 19.3. The van der Waals surface area contributed by atoms with Crippen LogP contribution in [0.5, 0.6) is 5.75 Å². The Kier molecular flexibility index (Phi) is 7.62. The van der Waals surface area contributed by atoms with Crippen LogP contribution in [0.1, 0.15) is 39.1 Å². The molecular weight excluding hydrogens is 444 g/mol. The van der Waals surface area contributed by atoms with Gasteiger partial charge in [-0.15, -0.1) is 0 Å². The van der Waals surface area contributed by atoms with Gasteiger partial charge in [-0.3, -0.25) is 9.59 Å². The van der Waals surface area contributed by atoms with Crippen molar-refractivity contribution in [2.75, 3.05) is 18.4 Å². The van der Waals surface area contributed by atoms with Crippen LogP contribution in [0.3, 0.4) is 0 Å². The number of nitrogens with two attached hydrogens (primary N) is 1. The summed E-state index contributed by atoms with van der Waals surface area (Å²) in [5, 5.41) is 5.60. The van der Waals surface area contributed by atoms with Gasteiger partial charge in [-0.25, -0.2) is 4.79 Å². The lowest BCUT2D eigenvalue weighted by atomic mass is 10.1. The minimum Gasteiger partial charge on any atom is -0.490 e. The number of benzene rings is 3. The number of anilines is 1. The topological polar surface area (TPSA) is 114 Å². The van der Waals surface area contributed by atoms with E-state index in [4.69, 9.17) is 10.5 Å². The van der Waals surface area contributed by atoms with Crippen LogP contribution >= 0.6 is 0 Å². The molecule has 35 heavy (non-hydrogen) atoms. The molecule has 1 heterocycles. The molecule has 3 aromatic carbocycles. The van der Waals surface area contributed by atoms with E-state index in [-0.39, 0.29) is 29.3 Å². The number of nitrogens with one attached hydrogen (secondary N) is 2. The zero-order valence-electron chi connectivity index (χ0n) is 19.3. The number of urea groups is 1. The van der Waals surface area contributed by atoms with Crippen LogP contribution in [0.25, 0.3) is 0 Å². The van der Waals surface area contributed by atoms with E-state index in [9.17, 15) is 14.4 Å². The van der Waals surface area contributed by atoms with Crippen molar-refractivity contribution >= 4 is 23.5 Å². The lowest BCUT2D eigenvalue weighted by molar-refractivity contribution is 0.0948. The third kappa shape index (κ3) is 6.38. The molecule has 4 amide bonds. The first-order valence-corrected chi connectivity index (χ1v) is 11.5. The second-order valence-corrected chi connectivity index (χ2v) is 8.34. The normalized spacial score (nSPS) is 13.7. The van der Waals surface area contributed by atoms with E-state index >= 15 is 0 Å². The second kappa shape index (κ2) is 11.2. The average molecular weight is 473 g/mol. The zero-order chi connectivity index (χ0) is 24.6. The monoisotopic (exact) mass is 472 g/mol. The number of para-hydroxylation sites is 1. The van der Waals surface area contributed by atoms with Crippen molar-refractivity contribution < 1.29 is 19.1 Å². The first-order valence-electron chi connectivity index (χ1n) is 11.5. The number of likely N-dealkylation sites (tertiary alicyclic amines) is 1. The number of nitrogens with zero attached hydrogens (tertiary/aromatic N) is 1. The molecule has 0 spiro atoms. The van der Waals surface area contributed by atoms with Gasteiger partial charge in [-0.2, -0.15) is 0 Å². The average Bonchev–Trinajstić information content (AvgIpc) is 2.88. The van der Waals surface area contributed by atoms with Crippen molar-refractivity contribution in [3.8, 4) is 5.75 Å². The molecule has 0 saturated carbocycles. The Morgan fingerprint density at radius 3 is 2.23 bits per heavy atom. The van der Waals surface area contributed by atoms with Gasteiger partial charge in [0.25, 0.3) is 11.8 Å². The summed E-state index contributed by atoms with van der Waals surface area (Å²) in [6.45, 7) is 1.37. The van der Waals surface area contributed by atoms with E-state index in [0.717, 1.165) is 11.3 Å². The van der Waals surface area contributed by atoms with Crippen molar-refractivity contribution in [1.82, 2.24) is 10.2 Å². The molecular formula is C27H28N4O4. The molecule has 1 saturated heterocycles. The fourth-order valence-electron chi connectivity index (χ4n) is 3.95. The standard InChI is InChI=1S/C27H28N4O4/c28-25(32)23-12-11-20(26(33)29-18-19-7-3-1-4-8-19)17-24(23)30-27(34)31-15-13-22(14-16-31)35-21-9-5-2-6-10-21/h1-12,17,22H,13-16,18H2,(H2,28,32)(H,29,33)(H,30,34). The molecule has 1 aliphatic rings. The molecule has 0 aliphatic carbocycles. The smallest absolute Gasteiger partial charge is 0.321 e. The SMILES string of the molecule is NC(=O)c1ccc(C(=O)NCc2ccccc2)cc1NC(=O)N1CCC(Oc2ccccc2)CC1. The Hall–Kier alpha value is -4.33. The molecule has 1 aliphatic heterocycles. The van der Waals surface area contributed by atoms with Crippen LogP contribution in [0.2, 0.25) is 0 Å². The summed E-state index contributed by atoms with van der Waals surface area (Å²) in [5.41, 5.74) is 7.12. The van der Waals surface area contributed by atoms with Crippen molar-refractivity contribution in [1.29, 1.82) is 0 Å². The quantitative estimate of drug-likeness (QED) is 0.485. The Bertz CT molecular complexity index is 1180. The first-order chi connectivity index (χ1) is 17.0. The summed E-state index contributed by atoms with van der Waals surface area (Å²) in [6.07, 6.45) is 1.40. The number of amides is 4. The summed E-state index contributed by atoms with van der Waals surface area (Å²) in [4.78, 5) is 39.2. The van der Waals surface area contributed by atoms with Crippen LogP contribution in [0, 0.1) is 0 Å². The molecule has 4 N–H and O–H groups in total. The van der Waals surface area contributed by atoms with E-state index in [0.29, 0.717) is 38.0 Å². The fraction of sp³-hybridized carbons (Fsp3) is 0.222. The molecule has 4 rings (SSSR count). The fourth-order valence-corrected chi connectivity index (χ4v) is 3.95. The number of carbonyl (C=O) groups excluding carboxylic acids is 3. The van der Waals surface area contributed by atoms with Gasteiger partial charge in [0.2, 0.25) is 0 Å². The Morgan fingerprint density at radius 2 is 1.57 bits per heavy atom. The molecule has 180 valence electrons. The highest BCUT2D eigenvalue weighted by Crippen LogP contribution is 2.22. The Balaban J connectivity index is 1.37. The van der Waals surface area contributed by atoms with Gasteiger partial charge in [0.1, 0.15) is 11.9 Å². The van der Waals surface area contributed by atoms with Crippen molar-refractivity contribution in [2.24, 2.45) is 5.73 Å². The van der Waals surface area contributed by atoms with Crippen molar-refractivity contribution in [3.63, 3.8) is 0 Å².